The van der Waals surface area contributed by atoms with Crippen molar-refractivity contribution >= 4 is 39.1 Å². The SMILES string of the molecule is CCCCCC(=O)N[C@@H](Cc1csc2ccccc12)C(=O)N[C@@H](CC(C)C)C(N)=O. The topological polar surface area (TPSA) is 101 Å². The normalized spacial score (nSPS) is 13.2. The van der Waals surface area contributed by atoms with E-state index in [4.69, 9.17) is 5.73 Å². The largest absolute Gasteiger partial charge is 0.368 e. The summed E-state index contributed by atoms with van der Waals surface area (Å²) in [5, 5.41) is 8.73. The van der Waals surface area contributed by atoms with Gasteiger partial charge >= 0.3 is 0 Å². The van der Waals surface area contributed by atoms with E-state index in [-0.39, 0.29) is 17.7 Å². The standard InChI is InChI=1S/C23H33N3O3S/c1-4-5-6-11-21(27)25-19(23(29)26-18(22(24)28)12-15(2)3)13-16-14-30-20-10-8-7-9-17(16)20/h7-10,14-15,18-19H,4-6,11-13H2,1-3H3,(H2,24,28)(H,25,27)(H,26,29)/t18-,19-/m0/s1. The molecule has 0 saturated carbocycles. The molecule has 6 nitrogen and oxygen atoms in total. The molecule has 30 heavy (non-hydrogen) atoms. The first kappa shape index (κ1) is 23.9. The average molecular weight is 432 g/mol. The minimum atomic E-state index is -0.758. The number of thiophene rings is 1. The number of fused-ring (bicyclic) bond motifs is 1. The zero-order chi connectivity index (χ0) is 22.1. The molecule has 0 saturated heterocycles. The second kappa shape index (κ2) is 11.7. The van der Waals surface area contributed by atoms with Crippen molar-refractivity contribution in [3.8, 4) is 0 Å². The van der Waals surface area contributed by atoms with Crippen molar-refractivity contribution in [1.82, 2.24) is 10.6 Å². The van der Waals surface area contributed by atoms with E-state index in [9.17, 15) is 14.4 Å². The Bertz CT molecular complexity index is 862. The van der Waals surface area contributed by atoms with Crippen molar-refractivity contribution in [1.29, 1.82) is 0 Å². The molecule has 0 radical (unpaired) electrons. The predicted molar refractivity (Wildman–Crippen MR) is 122 cm³/mol. The lowest BCUT2D eigenvalue weighted by Gasteiger charge is -2.23. The van der Waals surface area contributed by atoms with Gasteiger partial charge in [0.15, 0.2) is 0 Å². The van der Waals surface area contributed by atoms with E-state index >= 15 is 0 Å². The predicted octanol–water partition coefficient (Wildman–Crippen LogP) is 3.53. The maximum Gasteiger partial charge on any atom is 0.243 e. The highest BCUT2D eigenvalue weighted by molar-refractivity contribution is 7.17. The van der Waals surface area contributed by atoms with Gasteiger partial charge in [-0.05, 0) is 41.2 Å². The second-order valence-electron chi connectivity index (χ2n) is 8.13. The average Bonchev–Trinajstić information content (AvgIpc) is 3.09. The molecular weight excluding hydrogens is 398 g/mol. The Morgan fingerprint density at radius 1 is 1.07 bits per heavy atom. The summed E-state index contributed by atoms with van der Waals surface area (Å²) in [7, 11) is 0. The number of amides is 3. The van der Waals surface area contributed by atoms with Crippen molar-refractivity contribution in [2.75, 3.05) is 0 Å². The molecule has 4 N–H and O–H groups in total. The molecule has 0 aliphatic heterocycles. The number of primary amides is 1. The summed E-state index contributed by atoms with van der Waals surface area (Å²) in [6, 6.07) is 6.48. The van der Waals surface area contributed by atoms with E-state index in [0.717, 1.165) is 34.9 Å². The minimum Gasteiger partial charge on any atom is -0.368 e. The second-order valence-corrected chi connectivity index (χ2v) is 9.04. The highest BCUT2D eigenvalue weighted by atomic mass is 32.1. The summed E-state index contributed by atoms with van der Waals surface area (Å²) in [5.41, 5.74) is 6.49. The maximum absolute atomic E-state index is 13.0. The van der Waals surface area contributed by atoms with Crippen molar-refractivity contribution in [3.63, 3.8) is 0 Å². The third kappa shape index (κ3) is 7.13. The number of carbonyl (C=O) groups is 3. The molecule has 0 unspecified atom stereocenters. The summed E-state index contributed by atoms with van der Waals surface area (Å²) in [6.45, 7) is 6.01. The molecule has 0 bridgehead atoms. The summed E-state index contributed by atoms with van der Waals surface area (Å²) in [6.07, 6.45) is 3.98. The lowest BCUT2D eigenvalue weighted by atomic mass is 10.0. The Morgan fingerprint density at radius 3 is 2.47 bits per heavy atom. The zero-order valence-electron chi connectivity index (χ0n) is 18.1. The van der Waals surface area contributed by atoms with Gasteiger partial charge in [-0.1, -0.05) is 51.8 Å². The van der Waals surface area contributed by atoms with Crippen molar-refractivity contribution in [2.24, 2.45) is 11.7 Å². The molecule has 0 spiro atoms. The number of hydrogen-bond donors (Lipinski definition) is 3. The van der Waals surface area contributed by atoms with Gasteiger partial charge in [-0.15, -0.1) is 11.3 Å². The van der Waals surface area contributed by atoms with Crippen LogP contribution in [0.3, 0.4) is 0 Å². The molecule has 2 atom stereocenters. The van der Waals surface area contributed by atoms with Crippen LogP contribution in [0.25, 0.3) is 10.1 Å². The van der Waals surface area contributed by atoms with Gasteiger partial charge in [0.25, 0.3) is 0 Å². The van der Waals surface area contributed by atoms with Crippen molar-refractivity contribution in [3.05, 3.63) is 35.2 Å². The van der Waals surface area contributed by atoms with Crippen molar-refractivity contribution < 1.29 is 14.4 Å². The Kier molecular flexibility index (Phi) is 9.30. The number of benzene rings is 1. The molecule has 0 fully saturated rings. The minimum absolute atomic E-state index is 0.150. The van der Waals surface area contributed by atoms with E-state index in [2.05, 4.69) is 17.6 Å². The number of nitrogens with one attached hydrogen (secondary N) is 2. The van der Waals surface area contributed by atoms with E-state index in [1.807, 2.05) is 43.5 Å². The van der Waals surface area contributed by atoms with Crippen LogP contribution >= 0.6 is 11.3 Å². The van der Waals surface area contributed by atoms with E-state index in [1.165, 1.54) is 0 Å². The number of nitrogens with two attached hydrogens (primary N) is 1. The molecule has 0 aliphatic carbocycles. The fourth-order valence-corrected chi connectivity index (χ4v) is 4.39. The maximum atomic E-state index is 13.0. The molecular formula is C23H33N3O3S. The van der Waals surface area contributed by atoms with Crippen LogP contribution in [0.1, 0.15) is 58.4 Å². The first-order valence-electron chi connectivity index (χ1n) is 10.7. The zero-order valence-corrected chi connectivity index (χ0v) is 18.9. The van der Waals surface area contributed by atoms with E-state index in [0.29, 0.717) is 19.3 Å². The van der Waals surface area contributed by atoms with Crippen LogP contribution in [0.2, 0.25) is 0 Å². The Balaban J connectivity index is 2.18. The van der Waals surface area contributed by atoms with Gasteiger partial charge in [-0.3, -0.25) is 14.4 Å². The number of unbranched alkanes of at least 4 members (excludes halogenated alkanes) is 2. The molecule has 1 aromatic carbocycles. The van der Waals surface area contributed by atoms with Crippen LogP contribution in [-0.2, 0) is 20.8 Å². The molecule has 164 valence electrons. The van der Waals surface area contributed by atoms with Gasteiger partial charge in [0, 0.05) is 17.5 Å². The fraction of sp³-hybridized carbons (Fsp3) is 0.522. The molecule has 1 heterocycles. The Labute approximate surface area is 182 Å². The van der Waals surface area contributed by atoms with Crippen LogP contribution in [-0.4, -0.2) is 29.8 Å². The summed E-state index contributed by atoms with van der Waals surface area (Å²) in [5.74, 6) is -0.891. The highest BCUT2D eigenvalue weighted by Gasteiger charge is 2.27. The number of carbonyl (C=O) groups excluding carboxylic acids is 3. The molecule has 3 amide bonds. The monoisotopic (exact) mass is 431 g/mol. The highest BCUT2D eigenvalue weighted by Crippen LogP contribution is 2.26. The lowest BCUT2D eigenvalue weighted by Crippen LogP contribution is -2.54. The molecule has 1 aromatic heterocycles. The number of rotatable bonds is 12. The molecule has 2 rings (SSSR count). The van der Waals surface area contributed by atoms with Gasteiger partial charge in [-0.2, -0.15) is 0 Å². The fourth-order valence-electron chi connectivity index (χ4n) is 3.41. The van der Waals surface area contributed by atoms with Crippen LogP contribution in [0.15, 0.2) is 29.6 Å². The lowest BCUT2D eigenvalue weighted by molar-refractivity contribution is -0.131. The molecule has 2 aromatic rings. The quantitative estimate of drug-likeness (QED) is 0.448. The van der Waals surface area contributed by atoms with Crippen LogP contribution in [0.4, 0.5) is 0 Å². The summed E-state index contributed by atoms with van der Waals surface area (Å²) < 4.78 is 1.13. The van der Waals surface area contributed by atoms with Gasteiger partial charge in [0.1, 0.15) is 12.1 Å². The first-order valence-corrected chi connectivity index (χ1v) is 11.5. The van der Waals surface area contributed by atoms with E-state index < -0.39 is 18.0 Å². The van der Waals surface area contributed by atoms with Crippen LogP contribution in [0, 0.1) is 5.92 Å². The smallest absolute Gasteiger partial charge is 0.243 e. The van der Waals surface area contributed by atoms with Crippen LogP contribution < -0.4 is 16.4 Å². The Hall–Kier alpha value is -2.41. The molecule has 7 heteroatoms. The van der Waals surface area contributed by atoms with Gasteiger partial charge in [0.05, 0.1) is 0 Å². The summed E-state index contributed by atoms with van der Waals surface area (Å²) in [4.78, 5) is 37.3. The number of hydrogen-bond acceptors (Lipinski definition) is 4. The van der Waals surface area contributed by atoms with Gasteiger partial charge in [-0.25, -0.2) is 0 Å². The third-order valence-electron chi connectivity index (χ3n) is 5.01. The van der Waals surface area contributed by atoms with Gasteiger partial charge < -0.3 is 16.4 Å². The summed E-state index contributed by atoms with van der Waals surface area (Å²) >= 11 is 1.61. The first-order chi connectivity index (χ1) is 14.3. The van der Waals surface area contributed by atoms with Gasteiger partial charge in [0.2, 0.25) is 17.7 Å². The Morgan fingerprint density at radius 2 is 1.80 bits per heavy atom. The third-order valence-corrected chi connectivity index (χ3v) is 6.02. The molecule has 0 aliphatic rings. The van der Waals surface area contributed by atoms with E-state index in [1.54, 1.807) is 11.3 Å². The van der Waals surface area contributed by atoms with Crippen LogP contribution in [0.5, 0.6) is 0 Å². The van der Waals surface area contributed by atoms with Crippen molar-refractivity contribution in [2.45, 2.75) is 71.4 Å².